The molecule has 1 aromatic heterocycles. The van der Waals surface area contributed by atoms with Crippen molar-refractivity contribution in [3.8, 4) is 0 Å². The van der Waals surface area contributed by atoms with Crippen LogP contribution in [0.5, 0.6) is 0 Å². The van der Waals surface area contributed by atoms with E-state index in [1.54, 1.807) is 24.4 Å². The summed E-state index contributed by atoms with van der Waals surface area (Å²) < 4.78 is 1.80. The van der Waals surface area contributed by atoms with Crippen LogP contribution in [-0.4, -0.2) is 9.78 Å². The molecule has 1 heterocycles. The maximum atomic E-state index is 12.1. The van der Waals surface area contributed by atoms with Gasteiger partial charge in [-0.15, -0.1) is 0 Å². The molecule has 3 N–H and O–H groups in total. The third-order valence-corrected chi connectivity index (χ3v) is 3.79. The van der Waals surface area contributed by atoms with E-state index < -0.39 is 0 Å². The molecule has 0 saturated heterocycles. The van der Waals surface area contributed by atoms with Gasteiger partial charge in [-0.05, 0) is 48.0 Å². The maximum Gasteiger partial charge on any atom is 0.283 e. The average Bonchev–Trinajstić information content (AvgIpc) is 2.39. The second-order valence-corrected chi connectivity index (χ2v) is 5.78. The molecule has 0 unspecified atom stereocenters. The van der Waals surface area contributed by atoms with Crippen molar-refractivity contribution in [2.24, 2.45) is 0 Å². The topological polar surface area (TPSA) is 72.9 Å². The highest BCUT2D eigenvalue weighted by Gasteiger charge is 2.12. The zero-order valence-corrected chi connectivity index (χ0v) is 13.4. The molecule has 5 nitrogen and oxygen atoms in total. The first kappa shape index (κ1) is 14.9. The lowest BCUT2D eigenvalue weighted by Crippen LogP contribution is -2.25. The highest BCUT2D eigenvalue weighted by Crippen LogP contribution is 2.29. The quantitative estimate of drug-likeness (QED) is 0.824. The molecule has 0 radical (unpaired) electrons. The first-order chi connectivity index (χ1) is 9.40. The Morgan fingerprint density at radius 2 is 2.10 bits per heavy atom. The number of nitrogens with one attached hydrogen (secondary N) is 1. The van der Waals surface area contributed by atoms with Gasteiger partial charge in [0.1, 0.15) is 4.47 Å². The van der Waals surface area contributed by atoms with Crippen molar-refractivity contribution < 1.29 is 0 Å². The molecule has 0 aliphatic heterocycles. The summed E-state index contributed by atoms with van der Waals surface area (Å²) in [7, 11) is 0. The second kappa shape index (κ2) is 5.85. The lowest BCUT2D eigenvalue weighted by atomic mass is 10.2. The van der Waals surface area contributed by atoms with Crippen molar-refractivity contribution in [3.05, 3.63) is 44.2 Å². The minimum Gasteiger partial charge on any atom is -0.399 e. The molecule has 0 aliphatic carbocycles. The Morgan fingerprint density at radius 1 is 1.40 bits per heavy atom. The van der Waals surface area contributed by atoms with Crippen molar-refractivity contribution in [1.82, 2.24) is 9.78 Å². The molecular weight excluding hydrogens is 344 g/mol. The summed E-state index contributed by atoms with van der Waals surface area (Å²) in [5.74, 6) is 0. The van der Waals surface area contributed by atoms with Gasteiger partial charge in [0, 0.05) is 5.69 Å². The Morgan fingerprint density at radius 3 is 2.75 bits per heavy atom. The Kier molecular flexibility index (Phi) is 4.35. The van der Waals surface area contributed by atoms with Crippen molar-refractivity contribution in [2.45, 2.75) is 19.9 Å². The van der Waals surface area contributed by atoms with E-state index in [4.69, 9.17) is 17.3 Å². The van der Waals surface area contributed by atoms with Crippen LogP contribution in [0.4, 0.5) is 17.1 Å². The molecule has 0 amide bonds. The van der Waals surface area contributed by atoms with Gasteiger partial charge in [0.25, 0.3) is 5.56 Å². The maximum absolute atomic E-state index is 12.1. The fourth-order valence-electron chi connectivity index (χ4n) is 1.68. The smallest absolute Gasteiger partial charge is 0.283 e. The SMILES string of the molecule is CC(C)n1ncc(Nc2cc(N)ccc2Cl)c(Br)c1=O. The van der Waals surface area contributed by atoms with E-state index in [-0.39, 0.29) is 11.6 Å². The Balaban J connectivity index is 2.42. The zero-order chi connectivity index (χ0) is 14.9. The van der Waals surface area contributed by atoms with Crippen LogP contribution in [0.2, 0.25) is 5.02 Å². The van der Waals surface area contributed by atoms with Crippen LogP contribution in [0.25, 0.3) is 0 Å². The molecule has 0 atom stereocenters. The first-order valence-electron chi connectivity index (χ1n) is 5.99. The van der Waals surface area contributed by atoms with Crippen LogP contribution < -0.4 is 16.6 Å². The third kappa shape index (κ3) is 2.96. The van der Waals surface area contributed by atoms with Crippen LogP contribution in [0.3, 0.4) is 0 Å². The normalized spacial score (nSPS) is 10.8. The van der Waals surface area contributed by atoms with Gasteiger partial charge in [0.2, 0.25) is 0 Å². The van der Waals surface area contributed by atoms with E-state index in [0.29, 0.717) is 26.6 Å². The number of halogens is 2. The zero-order valence-electron chi connectivity index (χ0n) is 11.0. The average molecular weight is 358 g/mol. The molecule has 20 heavy (non-hydrogen) atoms. The molecule has 0 aliphatic rings. The fraction of sp³-hybridized carbons (Fsp3) is 0.231. The number of anilines is 3. The van der Waals surface area contributed by atoms with Gasteiger partial charge in [-0.25, -0.2) is 4.68 Å². The van der Waals surface area contributed by atoms with Crippen LogP contribution in [0.1, 0.15) is 19.9 Å². The summed E-state index contributed by atoms with van der Waals surface area (Å²) in [5, 5.41) is 7.69. The summed E-state index contributed by atoms with van der Waals surface area (Å²) in [6.07, 6.45) is 1.57. The van der Waals surface area contributed by atoms with E-state index in [1.165, 1.54) is 4.68 Å². The minimum absolute atomic E-state index is 0.0104. The lowest BCUT2D eigenvalue weighted by Gasteiger charge is -2.13. The van der Waals surface area contributed by atoms with Crippen molar-refractivity contribution in [3.63, 3.8) is 0 Å². The molecule has 0 bridgehead atoms. The minimum atomic E-state index is -0.204. The van der Waals surface area contributed by atoms with E-state index >= 15 is 0 Å². The van der Waals surface area contributed by atoms with E-state index in [9.17, 15) is 4.79 Å². The summed E-state index contributed by atoms with van der Waals surface area (Å²) in [6.45, 7) is 3.78. The molecule has 7 heteroatoms. The van der Waals surface area contributed by atoms with Crippen LogP contribution in [0, 0.1) is 0 Å². The van der Waals surface area contributed by atoms with Crippen LogP contribution >= 0.6 is 27.5 Å². The first-order valence-corrected chi connectivity index (χ1v) is 7.16. The van der Waals surface area contributed by atoms with Crippen LogP contribution in [0.15, 0.2) is 33.7 Å². The number of aromatic nitrogens is 2. The summed E-state index contributed by atoms with van der Waals surface area (Å²) in [4.78, 5) is 12.1. The molecule has 1 aromatic carbocycles. The van der Waals surface area contributed by atoms with E-state index in [0.717, 1.165) is 0 Å². The van der Waals surface area contributed by atoms with Gasteiger partial charge in [-0.1, -0.05) is 11.6 Å². The van der Waals surface area contributed by atoms with Gasteiger partial charge in [-0.3, -0.25) is 4.79 Å². The standard InChI is InChI=1S/C13H14BrClN4O/c1-7(2)19-13(20)12(14)11(6-17-19)18-10-5-8(16)3-4-9(10)15/h3-7,18H,16H2,1-2H3. The molecule has 106 valence electrons. The number of nitrogens with zero attached hydrogens (tertiary/aromatic N) is 2. The number of hydrogen-bond donors (Lipinski definition) is 2. The summed E-state index contributed by atoms with van der Waals surface area (Å²) >= 11 is 9.37. The second-order valence-electron chi connectivity index (χ2n) is 4.58. The lowest BCUT2D eigenvalue weighted by molar-refractivity contribution is 0.501. The Labute approximate surface area is 129 Å². The molecule has 0 fully saturated rings. The van der Waals surface area contributed by atoms with Gasteiger partial charge in [0.15, 0.2) is 0 Å². The number of rotatable bonds is 3. The summed E-state index contributed by atoms with van der Waals surface area (Å²) in [6, 6.07) is 5.08. The monoisotopic (exact) mass is 356 g/mol. The van der Waals surface area contributed by atoms with Gasteiger partial charge >= 0.3 is 0 Å². The Hall–Kier alpha value is -1.53. The van der Waals surface area contributed by atoms with Gasteiger partial charge in [0.05, 0.1) is 28.6 Å². The predicted octanol–water partition coefficient (Wildman–Crippen LogP) is 3.57. The molecule has 2 rings (SSSR count). The van der Waals surface area contributed by atoms with Crippen molar-refractivity contribution in [1.29, 1.82) is 0 Å². The fourth-order valence-corrected chi connectivity index (χ4v) is 2.23. The molecule has 0 saturated carbocycles. The highest BCUT2D eigenvalue weighted by molar-refractivity contribution is 9.10. The van der Waals surface area contributed by atoms with Crippen molar-refractivity contribution in [2.75, 3.05) is 11.1 Å². The number of nitrogens with two attached hydrogens (primary N) is 1. The molecule has 2 aromatic rings. The third-order valence-electron chi connectivity index (χ3n) is 2.69. The Bertz CT molecular complexity index is 699. The van der Waals surface area contributed by atoms with Gasteiger partial charge in [-0.2, -0.15) is 5.10 Å². The number of benzene rings is 1. The summed E-state index contributed by atoms with van der Waals surface area (Å²) in [5.41, 5.74) is 7.26. The molecule has 0 spiro atoms. The van der Waals surface area contributed by atoms with Crippen LogP contribution in [-0.2, 0) is 0 Å². The van der Waals surface area contributed by atoms with Gasteiger partial charge < -0.3 is 11.1 Å². The predicted molar refractivity (Wildman–Crippen MR) is 85.7 cm³/mol. The van der Waals surface area contributed by atoms with E-state index in [1.807, 2.05) is 13.8 Å². The number of nitrogen functional groups attached to an aromatic ring is 1. The highest BCUT2D eigenvalue weighted by atomic mass is 79.9. The van der Waals surface area contributed by atoms with Crippen molar-refractivity contribution >= 4 is 44.6 Å². The van der Waals surface area contributed by atoms with E-state index in [2.05, 4.69) is 26.3 Å². The number of hydrogen-bond acceptors (Lipinski definition) is 4. The largest absolute Gasteiger partial charge is 0.399 e. The molecular formula is C13H14BrClN4O.